The number of methoxy groups -OCH3 is 1. The maximum absolute atomic E-state index is 12.3. The van der Waals surface area contributed by atoms with Crippen LogP contribution < -0.4 is 5.73 Å². The summed E-state index contributed by atoms with van der Waals surface area (Å²) < 4.78 is 10.5. The molecule has 0 bridgehead atoms. The lowest BCUT2D eigenvalue weighted by atomic mass is 9.81. The van der Waals surface area contributed by atoms with E-state index < -0.39 is 11.9 Å². The number of carbonyl (C=O) groups is 1. The number of benzene rings is 1. The average molecular weight is 298 g/mol. The topological polar surface area (TPSA) is 85.3 Å². The summed E-state index contributed by atoms with van der Waals surface area (Å²) in [6.45, 7) is 3.79. The fraction of sp³-hybridized carbons (Fsp3) is 0.294. The van der Waals surface area contributed by atoms with Crippen LogP contribution in [-0.4, -0.2) is 13.1 Å². The van der Waals surface area contributed by atoms with Crippen molar-refractivity contribution in [3.05, 3.63) is 58.7 Å². The Balaban J connectivity index is 2.71. The van der Waals surface area contributed by atoms with E-state index in [-0.39, 0.29) is 17.4 Å². The minimum Gasteiger partial charge on any atom is -0.466 e. The molecule has 0 radical (unpaired) electrons. The van der Waals surface area contributed by atoms with Crippen LogP contribution in [0.4, 0.5) is 0 Å². The van der Waals surface area contributed by atoms with Crippen LogP contribution in [0.25, 0.3) is 0 Å². The van der Waals surface area contributed by atoms with Crippen molar-refractivity contribution in [2.75, 3.05) is 7.11 Å². The average Bonchev–Trinajstić information content (AvgIpc) is 2.53. The van der Waals surface area contributed by atoms with E-state index >= 15 is 0 Å². The minimum atomic E-state index is -0.579. The lowest BCUT2D eigenvalue weighted by Crippen LogP contribution is -2.27. The number of nitrogens with zero attached hydrogens (tertiary/aromatic N) is 1. The Morgan fingerprint density at radius 1 is 1.36 bits per heavy atom. The lowest BCUT2D eigenvalue weighted by molar-refractivity contribution is -0.136. The van der Waals surface area contributed by atoms with Crippen molar-refractivity contribution in [3.8, 4) is 6.07 Å². The number of esters is 1. The zero-order valence-corrected chi connectivity index (χ0v) is 12.8. The maximum Gasteiger partial charge on any atom is 0.338 e. The summed E-state index contributed by atoms with van der Waals surface area (Å²) in [4.78, 5) is 12.3. The van der Waals surface area contributed by atoms with Gasteiger partial charge in [-0.1, -0.05) is 44.2 Å². The molecule has 0 aliphatic carbocycles. The Bertz CT molecular complexity index is 682. The number of allylic oxidation sites excluding steroid dienone is 2. The van der Waals surface area contributed by atoms with E-state index in [1.807, 2.05) is 44.2 Å². The molecule has 0 spiro atoms. The quantitative estimate of drug-likeness (QED) is 0.867. The molecule has 1 aromatic rings. The predicted octanol–water partition coefficient (Wildman–Crippen LogP) is 2.58. The van der Waals surface area contributed by atoms with Crippen molar-refractivity contribution in [2.24, 2.45) is 11.7 Å². The third-order valence-electron chi connectivity index (χ3n) is 3.51. The van der Waals surface area contributed by atoms with Crippen molar-refractivity contribution in [1.82, 2.24) is 0 Å². The molecule has 1 aliphatic heterocycles. The molecule has 0 saturated heterocycles. The molecule has 1 aromatic carbocycles. The highest BCUT2D eigenvalue weighted by molar-refractivity contribution is 5.92. The first-order valence-corrected chi connectivity index (χ1v) is 6.96. The lowest BCUT2D eigenvalue weighted by Gasteiger charge is -2.29. The van der Waals surface area contributed by atoms with Gasteiger partial charge in [-0.2, -0.15) is 5.26 Å². The highest BCUT2D eigenvalue weighted by atomic mass is 16.5. The third-order valence-corrected chi connectivity index (χ3v) is 3.51. The summed E-state index contributed by atoms with van der Waals surface area (Å²) >= 11 is 0. The van der Waals surface area contributed by atoms with Crippen LogP contribution >= 0.6 is 0 Å². The van der Waals surface area contributed by atoms with Crippen LogP contribution in [0, 0.1) is 17.2 Å². The largest absolute Gasteiger partial charge is 0.466 e. The molecule has 1 atom stereocenters. The smallest absolute Gasteiger partial charge is 0.338 e. The molecule has 0 aromatic heterocycles. The highest BCUT2D eigenvalue weighted by Gasteiger charge is 2.38. The van der Waals surface area contributed by atoms with Crippen molar-refractivity contribution >= 4 is 5.97 Å². The maximum atomic E-state index is 12.3. The van der Waals surface area contributed by atoms with Gasteiger partial charge < -0.3 is 15.2 Å². The molecular formula is C17H18N2O3. The Kier molecular flexibility index (Phi) is 4.52. The number of nitrogens with two attached hydrogens (primary N) is 1. The normalized spacial score (nSPS) is 18.0. The summed E-state index contributed by atoms with van der Waals surface area (Å²) in [6.07, 6.45) is 0. The number of hydrogen-bond acceptors (Lipinski definition) is 5. The van der Waals surface area contributed by atoms with Crippen molar-refractivity contribution < 1.29 is 14.3 Å². The number of carbonyl (C=O) groups excluding carboxylic acids is 1. The summed E-state index contributed by atoms with van der Waals surface area (Å²) in [5, 5.41) is 9.45. The zero-order valence-electron chi connectivity index (χ0n) is 12.8. The summed E-state index contributed by atoms with van der Waals surface area (Å²) in [7, 11) is 1.31. The van der Waals surface area contributed by atoms with Gasteiger partial charge in [0.05, 0.1) is 18.6 Å². The van der Waals surface area contributed by atoms with E-state index in [1.165, 1.54) is 7.11 Å². The van der Waals surface area contributed by atoms with Crippen molar-refractivity contribution in [2.45, 2.75) is 19.8 Å². The van der Waals surface area contributed by atoms with Crippen LogP contribution in [0.1, 0.15) is 25.3 Å². The Morgan fingerprint density at radius 3 is 2.50 bits per heavy atom. The van der Waals surface area contributed by atoms with Gasteiger partial charge in [-0.15, -0.1) is 0 Å². The standard InChI is InChI=1S/C17H18N2O3/c1-10(2)15-14(17(20)21-3)13(11-7-5-4-6-8-11)12(9-18)16(19)22-15/h4-8,10,13H,19H2,1-3H3. The second-order valence-electron chi connectivity index (χ2n) is 5.26. The first-order chi connectivity index (χ1) is 10.5. The minimum absolute atomic E-state index is 0.0349. The van der Waals surface area contributed by atoms with Crippen molar-refractivity contribution in [1.29, 1.82) is 5.26 Å². The second-order valence-corrected chi connectivity index (χ2v) is 5.26. The summed E-state index contributed by atoms with van der Waals surface area (Å²) in [6, 6.07) is 11.3. The molecule has 1 heterocycles. The predicted molar refractivity (Wildman–Crippen MR) is 81.0 cm³/mol. The van der Waals surface area contributed by atoms with Crippen LogP contribution in [0.15, 0.2) is 53.1 Å². The molecule has 0 saturated carbocycles. The molecule has 0 amide bonds. The zero-order chi connectivity index (χ0) is 16.3. The van der Waals surface area contributed by atoms with E-state index in [0.717, 1.165) is 5.56 Å². The van der Waals surface area contributed by atoms with Gasteiger partial charge >= 0.3 is 5.97 Å². The van der Waals surface area contributed by atoms with Crippen LogP contribution in [-0.2, 0) is 14.3 Å². The number of ether oxygens (including phenoxy) is 2. The molecule has 0 fully saturated rings. The van der Waals surface area contributed by atoms with Crippen LogP contribution in [0.3, 0.4) is 0 Å². The van der Waals surface area contributed by atoms with Gasteiger partial charge in [0.2, 0.25) is 5.88 Å². The first-order valence-electron chi connectivity index (χ1n) is 6.96. The second kappa shape index (κ2) is 6.35. The monoisotopic (exact) mass is 298 g/mol. The number of rotatable bonds is 3. The van der Waals surface area contributed by atoms with E-state index in [4.69, 9.17) is 15.2 Å². The van der Waals surface area contributed by atoms with Gasteiger partial charge in [0, 0.05) is 5.92 Å². The highest BCUT2D eigenvalue weighted by Crippen LogP contribution is 2.41. The molecule has 5 heteroatoms. The molecule has 22 heavy (non-hydrogen) atoms. The van der Waals surface area contributed by atoms with Crippen LogP contribution in [0.5, 0.6) is 0 Å². The van der Waals surface area contributed by atoms with Crippen molar-refractivity contribution in [3.63, 3.8) is 0 Å². The third kappa shape index (κ3) is 2.68. The molecule has 114 valence electrons. The molecule has 1 aliphatic rings. The number of nitriles is 1. The number of hydrogen-bond donors (Lipinski definition) is 1. The molecular weight excluding hydrogens is 280 g/mol. The van der Waals surface area contributed by atoms with E-state index in [2.05, 4.69) is 6.07 Å². The Hall–Kier alpha value is -2.74. The van der Waals surface area contributed by atoms with Gasteiger partial charge in [-0.05, 0) is 5.56 Å². The van der Waals surface area contributed by atoms with Gasteiger partial charge in [0.15, 0.2) is 0 Å². The van der Waals surface area contributed by atoms with Gasteiger partial charge in [-0.3, -0.25) is 0 Å². The fourth-order valence-corrected chi connectivity index (χ4v) is 2.51. The fourth-order valence-electron chi connectivity index (χ4n) is 2.51. The van der Waals surface area contributed by atoms with E-state index in [9.17, 15) is 10.1 Å². The summed E-state index contributed by atoms with van der Waals surface area (Å²) in [5.41, 5.74) is 7.24. The van der Waals surface area contributed by atoms with Crippen LogP contribution in [0.2, 0.25) is 0 Å². The molecule has 1 unspecified atom stereocenters. The Labute approximate surface area is 129 Å². The van der Waals surface area contributed by atoms with E-state index in [0.29, 0.717) is 11.3 Å². The van der Waals surface area contributed by atoms with E-state index in [1.54, 1.807) is 0 Å². The molecule has 5 nitrogen and oxygen atoms in total. The molecule has 2 N–H and O–H groups in total. The first kappa shape index (κ1) is 15.6. The summed E-state index contributed by atoms with van der Waals surface area (Å²) in [5.74, 6) is -0.688. The SMILES string of the molecule is COC(=O)C1=C(C(C)C)OC(N)=C(C#N)C1c1ccccc1. The van der Waals surface area contributed by atoms with Gasteiger partial charge in [-0.25, -0.2) is 4.79 Å². The van der Waals surface area contributed by atoms with Gasteiger partial charge in [0.1, 0.15) is 17.4 Å². The Morgan fingerprint density at radius 2 is 2.00 bits per heavy atom. The van der Waals surface area contributed by atoms with Gasteiger partial charge in [0.25, 0.3) is 0 Å². The molecule has 2 rings (SSSR count).